The van der Waals surface area contributed by atoms with Crippen molar-refractivity contribution in [1.29, 1.82) is 0 Å². The lowest BCUT2D eigenvalue weighted by Gasteiger charge is -2.27. The number of anilines is 2. The highest BCUT2D eigenvalue weighted by atomic mass is 16.5. The highest BCUT2D eigenvalue weighted by Gasteiger charge is 2.20. The van der Waals surface area contributed by atoms with Gasteiger partial charge in [0, 0.05) is 36.6 Å². The highest BCUT2D eigenvalue weighted by molar-refractivity contribution is 5.91. The van der Waals surface area contributed by atoms with E-state index in [2.05, 4.69) is 22.3 Å². The molecule has 1 saturated heterocycles. The molecule has 0 bridgehead atoms. The van der Waals surface area contributed by atoms with Crippen LogP contribution >= 0.6 is 0 Å². The summed E-state index contributed by atoms with van der Waals surface area (Å²) in [5, 5.41) is 7.63. The summed E-state index contributed by atoms with van der Waals surface area (Å²) in [7, 11) is 3.13. The van der Waals surface area contributed by atoms with Gasteiger partial charge in [0.2, 0.25) is 5.91 Å². The number of aromatic nitrogens is 2. The molecule has 2 aromatic carbocycles. The van der Waals surface area contributed by atoms with Gasteiger partial charge in [0.05, 0.1) is 27.4 Å². The number of morpholine rings is 1. The third kappa shape index (κ3) is 4.80. The molecule has 1 amide bonds. The molecule has 162 valence electrons. The summed E-state index contributed by atoms with van der Waals surface area (Å²) in [6, 6.07) is 15.3. The molecule has 8 heteroatoms. The minimum atomic E-state index is -0.178. The predicted octanol–water partition coefficient (Wildman–Crippen LogP) is 3.04. The van der Waals surface area contributed by atoms with Gasteiger partial charge in [-0.15, -0.1) is 0 Å². The second-order valence-corrected chi connectivity index (χ2v) is 7.15. The van der Waals surface area contributed by atoms with E-state index in [9.17, 15) is 4.79 Å². The molecule has 0 unspecified atom stereocenters. The van der Waals surface area contributed by atoms with Crippen LogP contribution in [0.3, 0.4) is 0 Å². The fraction of sp³-hybridized carbons (Fsp3) is 0.304. The van der Waals surface area contributed by atoms with Gasteiger partial charge in [0.25, 0.3) is 0 Å². The Bertz CT molecular complexity index is 1030. The Morgan fingerprint density at radius 3 is 2.52 bits per heavy atom. The number of methoxy groups -OCH3 is 2. The number of carbonyl (C=O) groups excluding carboxylic acids is 1. The highest BCUT2D eigenvalue weighted by Crippen LogP contribution is 2.31. The van der Waals surface area contributed by atoms with Crippen LogP contribution in [0.4, 0.5) is 11.5 Å². The lowest BCUT2D eigenvalue weighted by molar-refractivity contribution is -0.116. The van der Waals surface area contributed by atoms with Gasteiger partial charge in [-0.1, -0.05) is 30.3 Å². The third-order valence-electron chi connectivity index (χ3n) is 5.11. The van der Waals surface area contributed by atoms with E-state index >= 15 is 0 Å². The van der Waals surface area contributed by atoms with Crippen LogP contribution in [-0.2, 0) is 16.1 Å². The molecule has 2 heterocycles. The van der Waals surface area contributed by atoms with E-state index in [1.807, 2.05) is 24.4 Å². The van der Waals surface area contributed by atoms with Crippen molar-refractivity contribution in [1.82, 2.24) is 9.78 Å². The van der Waals surface area contributed by atoms with E-state index in [-0.39, 0.29) is 12.5 Å². The molecular formula is C23H26N4O4. The van der Waals surface area contributed by atoms with Crippen LogP contribution in [0.5, 0.6) is 11.5 Å². The van der Waals surface area contributed by atoms with Crippen molar-refractivity contribution in [2.45, 2.75) is 6.54 Å². The summed E-state index contributed by atoms with van der Waals surface area (Å²) in [4.78, 5) is 14.9. The van der Waals surface area contributed by atoms with Crippen LogP contribution in [0.25, 0.3) is 11.1 Å². The Morgan fingerprint density at radius 2 is 1.81 bits per heavy atom. The monoisotopic (exact) mass is 422 g/mol. The van der Waals surface area contributed by atoms with E-state index < -0.39 is 0 Å². The summed E-state index contributed by atoms with van der Waals surface area (Å²) in [6.45, 7) is 2.98. The van der Waals surface area contributed by atoms with Crippen LogP contribution in [-0.4, -0.2) is 56.2 Å². The second-order valence-electron chi connectivity index (χ2n) is 7.15. The molecule has 1 aromatic heterocycles. The minimum absolute atomic E-state index is 0.0958. The molecule has 31 heavy (non-hydrogen) atoms. The third-order valence-corrected chi connectivity index (χ3v) is 5.11. The fourth-order valence-electron chi connectivity index (χ4n) is 3.58. The summed E-state index contributed by atoms with van der Waals surface area (Å²) in [6.07, 6.45) is 1.92. The fourth-order valence-corrected chi connectivity index (χ4v) is 3.58. The lowest BCUT2D eigenvalue weighted by atomic mass is 10.1. The maximum Gasteiger partial charge on any atom is 0.246 e. The van der Waals surface area contributed by atoms with Crippen molar-refractivity contribution in [2.75, 3.05) is 50.7 Å². The van der Waals surface area contributed by atoms with Crippen LogP contribution in [0.15, 0.2) is 54.7 Å². The Hall–Kier alpha value is -3.52. The molecule has 0 spiro atoms. The summed E-state index contributed by atoms with van der Waals surface area (Å²) >= 11 is 0. The SMILES string of the molecule is COc1ccc(NC(=O)Cn2cc(-c3ccccc3)c(N3CCOCC3)n2)cc1OC. The van der Waals surface area contributed by atoms with Crippen molar-refractivity contribution < 1.29 is 19.0 Å². The maximum absolute atomic E-state index is 12.7. The van der Waals surface area contributed by atoms with Crippen molar-refractivity contribution in [3.63, 3.8) is 0 Å². The van der Waals surface area contributed by atoms with E-state index in [0.717, 1.165) is 30.0 Å². The predicted molar refractivity (Wildman–Crippen MR) is 119 cm³/mol. The average Bonchev–Trinajstić information content (AvgIpc) is 3.23. The zero-order valence-electron chi connectivity index (χ0n) is 17.7. The topological polar surface area (TPSA) is 77.9 Å². The standard InChI is InChI=1S/C23H26N4O4/c1-29-20-9-8-18(14-21(20)30-2)24-22(28)16-27-15-19(17-6-4-3-5-7-17)23(25-27)26-10-12-31-13-11-26/h3-9,14-15H,10-13,16H2,1-2H3,(H,24,28). The van der Waals surface area contributed by atoms with E-state index in [4.69, 9.17) is 19.3 Å². The Balaban J connectivity index is 1.54. The largest absolute Gasteiger partial charge is 0.493 e. The van der Waals surface area contributed by atoms with Crippen molar-refractivity contribution >= 4 is 17.4 Å². The number of nitrogens with zero attached hydrogens (tertiary/aromatic N) is 3. The maximum atomic E-state index is 12.7. The average molecular weight is 422 g/mol. The molecule has 4 rings (SSSR count). The van der Waals surface area contributed by atoms with Crippen molar-refractivity contribution in [3.05, 3.63) is 54.7 Å². The van der Waals surface area contributed by atoms with E-state index in [1.165, 1.54) is 0 Å². The van der Waals surface area contributed by atoms with Gasteiger partial charge in [0.15, 0.2) is 17.3 Å². The molecule has 3 aromatic rings. The molecule has 1 fully saturated rings. The first kappa shape index (κ1) is 20.7. The summed E-state index contributed by atoms with van der Waals surface area (Å²) in [5.41, 5.74) is 2.70. The molecule has 1 aliphatic heterocycles. The Morgan fingerprint density at radius 1 is 1.06 bits per heavy atom. The minimum Gasteiger partial charge on any atom is -0.493 e. The van der Waals surface area contributed by atoms with Crippen molar-refractivity contribution in [2.24, 2.45) is 0 Å². The molecule has 8 nitrogen and oxygen atoms in total. The number of benzene rings is 2. The van der Waals surface area contributed by atoms with Crippen molar-refractivity contribution in [3.8, 4) is 22.6 Å². The van der Waals surface area contributed by atoms with Crippen LogP contribution < -0.4 is 19.7 Å². The zero-order chi connectivity index (χ0) is 21.6. The van der Waals surface area contributed by atoms with Gasteiger partial charge in [-0.05, 0) is 17.7 Å². The first-order valence-electron chi connectivity index (χ1n) is 10.2. The molecule has 1 aliphatic rings. The number of amides is 1. The van der Waals surface area contributed by atoms with Crippen LogP contribution in [0, 0.1) is 0 Å². The zero-order valence-corrected chi connectivity index (χ0v) is 17.7. The normalized spacial score (nSPS) is 13.7. The van der Waals surface area contributed by atoms with Gasteiger partial charge < -0.3 is 24.4 Å². The first-order chi connectivity index (χ1) is 15.2. The number of rotatable bonds is 7. The number of nitrogens with one attached hydrogen (secondary N) is 1. The summed E-state index contributed by atoms with van der Waals surface area (Å²) in [5.74, 6) is 1.85. The summed E-state index contributed by atoms with van der Waals surface area (Å²) < 4.78 is 17.7. The number of hydrogen-bond donors (Lipinski definition) is 1. The first-order valence-corrected chi connectivity index (χ1v) is 10.2. The molecule has 0 saturated carbocycles. The Kier molecular flexibility index (Phi) is 6.37. The van der Waals surface area contributed by atoms with Gasteiger partial charge in [-0.3, -0.25) is 9.48 Å². The lowest BCUT2D eigenvalue weighted by Crippen LogP contribution is -2.36. The molecule has 0 atom stereocenters. The Labute approximate surface area is 181 Å². The van der Waals surface area contributed by atoms with Gasteiger partial charge >= 0.3 is 0 Å². The number of carbonyl (C=O) groups is 1. The van der Waals surface area contributed by atoms with Gasteiger partial charge in [-0.25, -0.2) is 0 Å². The van der Waals surface area contributed by atoms with E-state index in [1.54, 1.807) is 37.1 Å². The van der Waals surface area contributed by atoms with E-state index in [0.29, 0.717) is 30.4 Å². The van der Waals surface area contributed by atoms with Crippen LogP contribution in [0.1, 0.15) is 0 Å². The molecule has 0 aliphatic carbocycles. The quantitative estimate of drug-likeness (QED) is 0.631. The van der Waals surface area contributed by atoms with Gasteiger partial charge in [-0.2, -0.15) is 5.10 Å². The molecule has 1 N–H and O–H groups in total. The smallest absolute Gasteiger partial charge is 0.246 e. The molecule has 0 radical (unpaired) electrons. The number of hydrogen-bond acceptors (Lipinski definition) is 6. The van der Waals surface area contributed by atoms with Crippen LogP contribution in [0.2, 0.25) is 0 Å². The van der Waals surface area contributed by atoms with Gasteiger partial charge in [0.1, 0.15) is 6.54 Å². The molecular weight excluding hydrogens is 396 g/mol. The second kappa shape index (κ2) is 9.53. The number of ether oxygens (including phenoxy) is 3.